The number of anilines is 1. The second kappa shape index (κ2) is 9.39. The summed E-state index contributed by atoms with van der Waals surface area (Å²) < 4.78 is 0. The Labute approximate surface area is 222 Å². The number of allylic oxidation sites excluding steroid dienone is 1. The number of fused-ring (bicyclic) bond motifs is 2. The molecule has 3 aromatic rings. The Bertz CT molecular complexity index is 1270. The zero-order chi connectivity index (χ0) is 25.7. The van der Waals surface area contributed by atoms with E-state index in [1.807, 2.05) is 6.07 Å². The molecule has 188 valence electrons. The predicted molar refractivity (Wildman–Crippen MR) is 155 cm³/mol. The number of aryl methyl sites for hydroxylation is 1. The molecular weight excluding hydrogens is 460 g/mol. The fraction of sp³-hybridized carbons (Fsp3) is 0.394. The Hall–Kier alpha value is -2.55. The van der Waals surface area contributed by atoms with Gasteiger partial charge in [0.2, 0.25) is 0 Å². The zero-order valence-electron chi connectivity index (χ0n) is 22.4. The average molecular weight is 499 g/mol. The van der Waals surface area contributed by atoms with Gasteiger partial charge >= 0.3 is 0 Å². The standard InChI is InChI=1S/C33H39ClN2/c1-22(2)25-14-12-24(13-15-25)20-36-21-33(27-17-23(3)11-16-30(27)36)28(26-9-7-8-10-29(26)34)19-35-31(33)18-32(4,5)6/h7-17,28,31,35H,1,18-21H2,2-6H3/t28-,31+,33-/m1/s1. The molecule has 1 saturated heterocycles. The number of rotatable bonds is 5. The molecule has 2 nitrogen and oxygen atoms in total. The number of hydrogen-bond donors (Lipinski definition) is 1. The van der Waals surface area contributed by atoms with Crippen molar-refractivity contribution >= 4 is 22.9 Å². The molecule has 0 aliphatic carbocycles. The zero-order valence-corrected chi connectivity index (χ0v) is 23.1. The molecule has 0 amide bonds. The highest BCUT2D eigenvalue weighted by Crippen LogP contribution is 2.56. The Morgan fingerprint density at radius 2 is 1.81 bits per heavy atom. The van der Waals surface area contributed by atoms with Gasteiger partial charge in [-0.3, -0.25) is 0 Å². The first kappa shape index (κ1) is 25.1. The molecule has 3 heteroatoms. The third-order valence-corrected chi connectivity index (χ3v) is 8.52. The Balaban J connectivity index is 1.62. The van der Waals surface area contributed by atoms with Gasteiger partial charge in [-0.25, -0.2) is 0 Å². The van der Waals surface area contributed by atoms with Crippen molar-refractivity contribution in [3.05, 3.63) is 106 Å². The van der Waals surface area contributed by atoms with Crippen LogP contribution in [-0.2, 0) is 12.0 Å². The first-order chi connectivity index (χ1) is 17.1. The number of halogens is 1. The lowest BCUT2D eigenvalue weighted by Gasteiger charge is -2.40. The van der Waals surface area contributed by atoms with Crippen LogP contribution in [-0.4, -0.2) is 19.1 Å². The van der Waals surface area contributed by atoms with E-state index in [1.165, 1.54) is 33.5 Å². The SMILES string of the molecule is C=C(C)c1ccc(CN2C[C@]3(c4cc(C)ccc42)[C@H](CC(C)(C)C)NC[C@@H]3c2ccccc2Cl)cc1. The molecule has 2 aliphatic rings. The number of hydrogen-bond acceptors (Lipinski definition) is 2. The maximum atomic E-state index is 6.86. The van der Waals surface area contributed by atoms with E-state index in [9.17, 15) is 0 Å². The van der Waals surface area contributed by atoms with Gasteiger partial charge in [0.25, 0.3) is 0 Å². The summed E-state index contributed by atoms with van der Waals surface area (Å²) >= 11 is 6.86. The van der Waals surface area contributed by atoms with Crippen molar-refractivity contribution in [1.29, 1.82) is 0 Å². The van der Waals surface area contributed by atoms with Crippen LogP contribution >= 0.6 is 11.6 Å². The smallest absolute Gasteiger partial charge is 0.0441 e. The third kappa shape index (κ3) is 4.51. The molecule has 36 heavy (non-hydrogen) atoms. The summed E-state index contributed by atoms with van der Waals surface area (Å²) in [5, 5.41) is 4.87. The van der Waals surface area contributed by atoms with Crippen LogP contribution in [0.25, 0.3) is 5.57 Å². The summed E-state index contributed by atoms with van der Waals surface area (Å²) in [7, 11) is 0. The molecule has 0 bridgehead atoms. The van der Waals surface area contributed by atoms with Gasteiger partial charge in [0.15, 0.2) is 0 Å². The lowest BCUT2D eigenvalue weighted by Crippen LogP contribution is -2.48. The van der Waals surface area contributed by atoms with E-state index in [1.54, 1.807) is 0 Å². The van der Waals surface area contributed by atoms with Crippen molar-refractivity contribution < 1.29 is 0 Å². The van der Waals surface area contributed by atoms with Gasteiger partial charge in [0.05, 0.1) is 0 Å². The molecule has 0 saturated carbocycles. The van der Waals surface area contributed by atoms with E-state index in [-0.39, 0.29) is 10.8 Å². The van der Waals surface area contributed by atoms with Crippen molar-refractivity contribution in [2.45, 2.75) is 65.0 Å². The van der Waals surface area contributed by atoms with Crippen LogP contribution in [0.3, 0.4) is 0 Å². The Morgan fingerprint density at radius 1 is 1.08 bits per heavy atom. The van der Waals surface area contributed by atoms with Crippen molar-refractivity contribution in [1.82, 2.24) is 5.32 Å². The summed E-state index contributed by atoms with van der Waals surface area (Å²) in [5.41, 5.74) is 9.24. The monoisotopic (exact) mass is 498 g/mol. The van der Waals surface area contributed by atoms with Gasteiger partial charge in [0.1, 0.15) is 0 Å². The van der Waals surface area contributed by atoms with Crippen molar-refractivity contribution in [3.63, 3.8) is 0 Å². The maximum Gasteiger partial charge on any atom is 0.0441 e. The normalized spacial score (nSPS) is 23.3. The summed E-state index contributed by atoms with van der Waals surface area (Å²) in [4.78, 5) is 2.61. The van der Waals surface area contributed by atoms with Gasteiger partial charge in [-0.1, -0.05) is 105 Å². The van der Waals surface area contributed by atoms with Crippen LogP contribution in [0.5, 0.6) is 0 Å². The molecule has 2 heterocycles. The molecule has 0 aromatic heterocycles. The molecule has 2 aliphatic heterocycles. The predicted octanol–water partition coefficient (Wildman–Crippen LogP) is 8.13. The van der Waals surface area contributed by atoms with Crippen molar-refractivity contribution in [2.75, 3.05) is 18.0 Å². The lowest BCUT2D eigenvalue weighted by molar-refractivity contribution is 0.256. The molecule has 5 rings (SSSR count). The minimum atomic E-state index is -0.0444. The van der Waals surface area contributed by atoms with E-state index in [0.717, 1.165) is 36.7 Å². The molecule has 1 spiro atoms. The minimum Gasteiger partial charge on any atom is -0.366 e. The van der Waals surface area contributed by atoms with E-state index in [0.29, 0.717) is 12.0 Å². The topological polar surface area (TPSA) is 15.3 Å². The molecule has 3 atom stereocenters. The van der Waals surface area contributed by atoms with E-state index in [2.05, 4.69) is 112 Å². The van der Waals surface area contributed by atoms with Gasteiger partial charge < -0.3 is 10.2 Å². The maximum absolute atomic E-state index is 6.86. The minimum absolute atomic E-state index is 0.0444. The first-order valence-corrected chi connectivity index (χ1v) is 13.5. The van der Waals surface area contributed by atoms with Gasteiger partial charge in [0, 0.05) is 47.7 Å². The number of nitrogens with zero attached hydrogens (tertiary/aromatic N) is 1. The molecule has 1 N–H and O–H groups in total. The molecular formula is C33H39ClN2. The Kier molecular flexibility index (Phi) is 6.55. The second-order valence-corrected chi connectivity index (χ2v) is 12.6. The summed E-state index contributed by atoms with van der Waals surface area (Å²) in [6, 6.07) is 24.8. The van der Waals surface area contributed by atoms with E-state index >= 15 is 0 Å². The van der Waals surface area contributed by atoms with Crippen molar-refractivity contribution in [3.8, 4) is 0 Å². The van der Waals surface area contributed by atoms with Crippen LogP contribution in [0.15, 0.2) is 73.3 Å². The summed E-state index contributed by atoms with van der Waals surface area (Å²) in [6.45, 7) is 18.3. The first-order valence-electron chi connectivity index (χ1n) is 13.2. The molecule has 3 aromatic carbocycles. The number of nitrogens with one attached hydrogen (secondary N) is 1. The summed E-state index contributed by atoms with van der Waals surface area (Å²) in [6.07, 6.45) is 1.11. The molecule has 0 unspecified atom stereocenters. The molecule has 1 fully saturated rings. The van der Waals surface area contributed by atoms with Crippen LogP contribution in [0.1, 0.15) is 67.9 Å². The highest BCUT2D eigenvalue weighted by Gasteiger charge is 2.57. The number of benzene rings is 3. The fourth-order valence-corrected chi connectivity index (χ4v) is 6.78. The second-order valence-electron chi connectivity index (χ2n) is 12.2. The highest BCUT2D eigenvalue weighted by molar-refractivity contribution is 6.31. The van der Waals surface area contributed by atoms with E-state index < -0.39 is 0 Å². The van der Waals surface area contributed by atoms with Crippen LogP contribution < -0.4 is 10.2 Å². The van der Waals surface area contributed by atoms with Gasteiger partial charge in [-0.2, -0.15) is 0 Å². The average Bonchev–Trinajstić information content (AvgIpc) is 3.31. The van der Waals surface area contributed by atoms with Crippen molar-refractivity contribution in [2.24, 2.45) is 5.41 Å². The summed E-state index contributed by atoms with van der Waals surface area (Å²) in [5.74, 6) is 0.315. The highest BCUT2D eigenvalue weighted by atomic mass is 35.5. The van der Waals surface area contributed by atoms with Gasteiger partial charge in [-0.15, -0.1) is 0 Å². The lowest BCUT2D eigenvalue weighted by atomic mass is 9.64. The van der Waals surface area contributed by atoms with E-state index in [4.69, 9.17) is 11.6 Å². The molecule has 0 radical (unpaired) electrons. The fourth-order valence-electron chi connectivity index (χ4n) is 6.52. The van der Waals surface area contributed by atoms with Crippen LogP contribution in [0.4, 0.5) is 5.69 Å². The van der Waals surface area contributed by atoms with Gasteiger partial charge in [-0.05, 0) is 60.1 Å². The van der Waals surface area contributed by atoms with Crippen LogP contribution in [0.2, 0.25) is 5.02 Å². The van der Waals surface area contributed by atoms with Crippen LogP contribution in [0, 0.1) is 12.3 Å². The third-order valence-electron chi connectivity index (χ3n) is 8.18. The Morgan fingerprint density at radius 3 is 2.47 bits per heavy atom. The quantitative estimate of drug-likeness (QED) is 0.382. The largest absolute Gasteiger partial charge is 0.366 e.